The van der Waals surface area contributed by atoms with Crippen LogP contribution in [-0.2, 0) is 20.8 Å². The van der Waals surface area contributed by atoms with Crippen molar-refractivity contribution in [1.29, 1.82) is 0 Å². The number of hydrogen-bond acceptors (Lipinski definition) is 4. The molecule has 0 fully saturated rings. The Morgan fingerprint density at radius 1 is 1.04 bits per heavy atom. The van der Waals surface area contributed by atoms with E-state index in [1.165, 1.54) is 6.92 Å². The highest BCUT2D eigenvalue weighted by atomic mass is 16.5. The number of carbonyl (C=O) groups is 3. The Labute approximate surface area is 144 Å². The van der Waals surface area contributed by atoms with Gasteiger partial charge in [0.2, 0.25) is 5.91 Å². The van der Waals surface area contributed by atoms with Crippen molar-refractivity contribution in [2.24, 2.45) is 0 Å². The van der Waals surface area contributed by atoms with Crippen LogP contribution in [0.5, 0.6) is 5.75 Å². The first-order valence-corrected chi connectivity index (χ1v) is 7.72. The van der Waals surface area contributed by atoms with Crippen LogP contribution in [0, 0.1) is 0 Å². The first-order valence-electron chi connectivity index (χ1n) is 7.72. The lowest BCUT2D eigenvalue weighted by atomic mass is 10.0. The van der Waals surface area contributed by atoms with Crippen molar-refractivity contribution in [1.82, 2.24) is 10.9 Å². The van der Waals surface area contributed by atoms with Crippen molar-refractivity contribution in [2.45, 2.75) is 18.9 Å². The Morgan fingerprint density at radius 3 is 2.48 bits per heavy atom. The average molecular weight is 339 g/mol. The number of ether oxygens (including phenoxy) is 1. The fourth-order valence-corrected chi connectivity index (χ4v) is 2.39. The summed E-state index contributed by atoms with van der Waals surface area (Å²) in [6.45, 7) is 1.34. The van der Waals surface area contributed by atoms with Crippen LogP contribution in [0.4, 0.5) is 5.69 Å². The number of carbonyl (C=O) groups excluding carboxylic acids is 3. The van der Waals surface area contributed by atoms with Gasteiger partial charge >= 0.3 is 0 Å². The SMILES string of the molecule is CC1(C(=O)NNC(=O)Cc2ccccc2)Oc2ccccc2NC1=O. The maximum atomic E-state index is 12.4. The summed E-state index contributed by atoms with van der Waals surface area (Å²) in [6, 6.07) is 15.9. The highest BCUT2D eigenvalue weighted by Gasteiger charge is 2.47. The van der Waals surface area contributed by atoms with E-state index in [4.69, 9.17) is 4.74 Å². The summed E-state index contributed by atoms with van der Waals surface area (Å²) in [4.78, 5) is 36.5. The van der Waals surface area contributed by atoms with Crippen LogP contribution in [0.3, 0.4) is 0 Å². The molecule has 0 saturated heterocycles. The lowest BCUT2D eigenvalue weighted by Crippen LogP contribution is -2.61. The Bertz CT molecular complexity index is 822. The molecule has 7 heteroatoms. The van der Waals surface area contributed by atoms with Crippen LogP contribution in [0.2, 0.25) is 0 Å². The summed E-state index contributed by atoms with van der Waals surface area (Å²) in [6.07, 6.45) is 0.105. The summed E-state index contributed by atoms with van der Waals surface area (Å²) in [5.74, 6) is -1.39. The molecule has 3 N–H and O–H groups in total. The van der Waals surface area contributed by atoms with Crippen LogP contribution >= 0.6 is 0 Å². The molecule has 1 unspecified atom stereocenters. The molecular formula is C18H17N3O4. The minimum Gasteiger partial charge on any atom is -0.465 e. The Kier molecular flexibility index (Phi) is 4.38. The third-order valence-corrected chi connectivity index (χ3v) is 3.84. The molecule has 2 aromatic carbocycles. The van der Waals surface area contributed by atoms with Gasteiger partial charge in [-0.15, -0.1) is 0 Å². The number of fused-ring (bicyclic) bond motifs is 1. The van der Waals surface area contributed by atoms with Crippen LogP contribution in [0.15, 0.2) is 54.6 Å². The second-order valence-corrected chi connectivity index (χ2v) is 5.75. The first-order chi connectivity index (χ1) is 12.0. The molecule has 3 rings (SSSR count). The predicted molar refractivity (Wildman–Crippen MR) is 90.5 cm³/mol. The highest BCUT2D eigenvalue weighted by molar-refractivity contribution is 6.15. The number of anilines is 1. The van der Waals surface area contributed by atoms with E-state index < -0.39 is 23.3 Å². The normalized spacial score (nSPS) is 18.4. The van der Waals surface area contributed by atoms with Gasteiger partial charge < -0.3 is 10.1 Å². The van der Waals surface area contributed by atoms with Gasteiger partial charge in [0.05, 0.1) is 12.1 Å². The number of benzene rings is 2. The van der Waals surface area contributed by atoms with E-state index in [1.807, 2.05) is 18.2 Å². The quantitative estimate of drug-likeness (QED) is 0.578. The van der Waals surface area contributed by atoms with Crippen LogP contribution in [-0.4, -0.2) is 23.3 Å². The monoisotopic (exact) mass is 339 g/mol. The van der Waals surface area contributed by atoms with Gasteiger partial charge in [-0.2, -0.15) is 0 Å². The molecule has 1 aliphatic heterocycles. The van der Waals surface area contributed by atoms with E-state index in [2.05, 4.69) is 16.2 Å². The second kappa shape index (κ2) is 6.64. The zero-order valence-corrected chi connectivity index (χ0v) is 13.5. The molecule has 0 saturated carbocycles. The number of nitrogens with one attached hydrogen (secondary N) is 3. The van der Waals surface area contributed by atoms with E-state index in [0.29, 0.717) is 11.4 Å². The van der Waals surface area contributed by atoms with Crippen LogP contribution in [0.25, 0.3) is 0 Å². The largest absolute Gasteiger partial charge is 0.465 e. The van der Waals surface area contributed by atoms with Gasteiger partial charge in [0, 0.05) is 0 Å². The lowest BCUT2D eigenvalue weighted by molar-refractivity contribution is -0.148. The van der Waals surface area contributed by atoms with Crippen molar-refractivity contribution in [3.8, 4) is 5.75 Å². The van der Waals surface area contributed by atoms with Crippen LogP contribution < -0.4 is 20.9 Å². The minimum absolute atomic E-state index is 0.105. The zero-order valence-electron chi connectivity index (χ0n) is 13.5. The van der Waals surface area contributed by atoms with E-state index >= 15 is 0 Å². The van der Waals surface area contributed by atoms with Gasteiger partial charge in [-0.1, -0.05) is 42.5 Å². The molecule has 0 aliphatic carbocycles. The molecule has 1 aliphatic rings. The molecule has 0 spiro atoms. The average Bonchev–Trinajstić information content (AvgIpc) is 2.61. The Hall–Kier alpha value is -3.35. The molecule has 3 amide bonds. The van der Waals surface area contributed by atoms with E-state index in [0.717, 1.165) is 5.56 Å². The van der Waals surface area contributed by atoms with Gasteiger partial charge in [0.25, 0.3) is 17.4 Å². The summed E-state index contributed by atoms with van der Waals surface area (Å²) in [5, 5.41) is 2.62. The first kappa shape index (κ1) is 16.5. The molecular weight excluding hydrogens is 322 g/mol. The fourth-order valence-electron chi connectivity index (χ4n) is 2.39. The summed E-state index contributed by atoms with van der Waals surface area (Å²) >= 11 is 0. The van der Waals surface area contributed by atoms with E-state index in [9.17, 15) is 14.4 Å². The molecule has 128 valence electrons. The topological polar surface area (TPSA) is 96.5 Å². The number of hydrogen-bond donors (Lipinski definition) is 3. The van der Waals surface area contributed by atoms with Crippen molar-refractivity contribution >= 4 is 23.4 Å². The molecule has 1 atom stereocenters. The van der Waals surface area contributed by atoms with E-state index in [1.54, 1.807) is 36.4 Å². The standard InChI is InChI=1S/C18H17N3O4/c1-18(16(23)19-13-9-5-6-10-14(13)25-18)17(24)21-20-15(22)11-12-7-3-2-4-8-12/h2-10H,11H2,1H3,(H,19,23)(H,20,22)(H,21,24). The molecule has 25 heavy (non-hydrogen) atoms. The highest BCUT2D eigenvalue weighted by Crippen LogP contribution is 2.33. The van der Waals surface area contributed by atoms with Crippen molar-refractivity contribution < 1.29 is 19.1 Å². The van der Waals surface area contributed by atoms with Crippen LogP contribution in [0.1, 0.15) is 12.5 Å². The van der Waals surface area contributed by atoms with Gasteiger partial charge in [0.15, 0.2) is 0 Å². The molecule has 7 nitrogen and oxygen atoms in total. The Balaban J connectivity index is 1.63. The zero-order chi connectivity index (χ0) is 17.9. The summed E-state index contributed by atoms with van der Waals surface area (Å²) < 4.78 is 5.57. The second-order valence-electron chi connectivity index (χ2n) is 5.75. The number of para-hydroxylation sites is 2. The number of rotatable bonds is 3. The lowest BCUT2D eigenvalue weighted by Gasteiger charge is -2.33. The fraction of sp³-hybridized carbons (Fsp3) is 0.167. The Morgan fingerprint density at radius 2 is 1.72 bits per heavy atom. The third kappa shape index (κ3) is 3.45. The molecule has 0 bridgehead atoms. The molecule has 2 aromatic rings. The molecule has 0 aromatic heterocycles. The van der Waals surface area contributed by atoms with Gasteiger partial charge in [0.1, 0.15) is 5.75 Å². The summed E-state index contributed by atoms with van der Waals surface area (Å²) in [5.41, 5.74) is 4.06. The smallest absolute Gasteiger partial charge is 0.292 e. The van der Waals surface area contributed by atoms with Gasteiger partial charge in [-0.05, 0) is 24.6 Å². The van der Waals surface area contributed by atoms with E-state index in [-0.39, 0.29) is 6.42 Å². The molecule has 0 radical (unpaired) electrons. The maximum absolute atomic E-state index is 12.4. The van der Waals surface area contributed by atoms with Crippen molar-refractivity contribution in [2.75, 3.05) is 5.32 Å². The van der Waals surface area contributed by atoms with Crippen molar-refractivity contribution in [3.63, 3.8) is 0 Å². The van der Waals surface area contributed by atoms with Crippen molar-refractivity contribution in [3.05, 3.63) is 60.2 Å². The third-order valence-electron chi connectivity index (χ3n) is 3.84. The maximum Gasteiger partial charge on any atom is 0.292 e. The number of amides is 3. The predicted octanol–water partition coefficient (Wildman–Crippen LogP) is 1.17. The molecule has 1 heterocycles. The van der Waals surface area contributed by atoms with Gasteiger partial charge in [-0.25, -0.2) is 0 Å². The van der Waals surface area contributed by atoms with Gasteiger partial charge in [-0.3, -0.25) is 25.2 Å². The minimum atomic E-state index is -1.78. The number of hydrazine groups is 1. The summed E-state index contributed by atoms with van der Waals surface area (Å²) in [7, 11) is 0.